The first-order chi connectivity index (χ1) is 10.1. The quantitative estimate of drug-likeness (QED) is 0.593. The van der Waals surface area contributed by atoms with Crippen LogP contribution in [-0.2, 0) is 13.6 Å². The maximum atomic E-state index is 10.6. The molecular formula is C15H15N3O3. The van der Waals surface area contributed by atoms with E-state index in [1.165, 1.54) is 0 Å². The maximum absolute atomic E-state index is 10.6. The predicted molar refractivity (Wildman–Crippen MR) is 77.6 cm³/mol. The lowest BCUT2D eigenvalue weighted by atomic mass is 10.1. The van der Waals surface area contributed by atoms with Crippen LogP contribution in [0.1, 0.15) is 11.3 Å². The highest BCUT2D eigenvalue weighted by Crippen LogP contribution is 2.29. The Bertz CT molecular complexity index is 803. The van der Waals surface area contributed by atoms with E-state index in [4.69, 9.17) is 9.84 Å². The van der Waals surface area contributed by atoms with Crippen molar-refractivity contribution in [2.75, 3.05) is 0 Å². The molecule has 0 aliphatic carbocycles. The van der Waals surface area contributed by atoms with Gasteiger partial charge in [0, 0.05) is 36.0 Å². The number of ether oxygens (including phenoxy) is 1. The van der Waals surface area contributed by atoms with E-state index in [0.717, 1.165) is 22.2 Å². The van der Waals surface area contributed by atoms with Gasteiger partial charge in [-0.15, -0.1) is 0 Å². The summed E-state index contributed by atoms with van der Waals surface area (Å²) in [5.74, 6) is 0.331. The Morgan fingerprint density at radius 2 is 2.24 bits per heavy atom. The number of carboxylic acid groups (broad SMARTS) is 1. The Hall–Kier alpha value is -2.76. The summed E-state index contributed by atoms with van der Waals surface area (Å²) in [5, 5.41) is 9.69. The number of hydrogen-bond donors (Lipinski definition) is 1. The van der Waals surface area contributed by atoms with Gasteiger partial charge in [-0.05, 0) is 30.7 Å². The van der Waals surface area contributed by atoms with Crippen molar-refractivity contribution in [2.24, 2.45) is 7.05 Å². The molecule has 0 aliphatic rings. The van der Waals surface area contributed by atoms with E-state index in [1.807, 2.05) is 30.8 Å². The second kappa shape index (κ2) is 4.97. The van der Waals surface area contributed by atoms with Gasteiger partial charge in [0.1, 0.15) is 5.75 Å². The van der Waals surface area contributed by atoms with E-state index in [9.17, 15) is 4.79 Å². The van der Waals surface area contributed by atoms with E-state index >= 15 is 0 Å². The zero-order valence-corrected chi connectivity index (χ0v) is 11.8. The highest BCUT2D eigenvalue weighted by Gasteiger charge is 2.13. The highest BCUT2D eigenvalue weighted by molar-refractivity contribution is 5.87. The first-order valence-corrected chi connectivity index (χ1v) is 6.50. The van der Waals surface area contributed by atoms with Gasteiger partial charge in [-0.3, -0.25) is 0 Å². The average Bonchev–Trinajstić information content (AvgIpc) is 3.02. The Morgan fingerprint density at radius 1 is 1.43 bits per heavy atom. The van der Waals surface area contributed by atoms with Crippen LogP contribution in [0.5, 0.6) is 5.75 Å². The molecule has 2 heterocycles. The number of imidazole rings is 1. The molecule has 6 heteroatoms. The Balaban J connectivity index is 2.07. The Morgan fingerprint density at radius 3 is 2.90 bits per heavy atom. The average molecular weight is 285 g/mol. The van der Waals surface area contributed by atoms with E-state index < -0.39 is 6.16 Å². The van der Waals surface area contributed by atoms with Crippen molar-refractivity contribution in [1.82, 2.24) is 14.1 Å². The molecule has 6 nitrogen and oxygen atoms in total. The van der Waals surface area contributed by atoms with Gasteiger partial charge in [0.25, 0.3) is 0 Å². The minimum Gasteiger partial charge on any atom is -0.449 e. The van der Waals surface area contributed by atoms with Crippen LogP contribution < -0.4 is 4.74 Å². The van der Waals surface area contributed by atoms with Crippen molar-refractivity contribution in [3.8, 4) is 5.75 Å². The number of fused-ring (bicyclic) bond motifs is 1. The second-order valence-electron chi connectivity index (χ2n) is 4.91. The molecule has 0 fully saturated rings. The van der Waals surface area contributed by atoms with Crippen LogP contribution in [0.3, 0.4) is 0 Å². The Labute approximate surface area is 121 Å². The first-order valence-electron chi connectivity index (χ1n) is 6.50. The molecule has 0 saturated carbocycles. The second-order valence-corrected chi connectivity index (χ2v) is 4.91. The third-order valence-corrected chi connectivity index (χ3v) is 3.67. The fraction of sp³-hybridized carbons (Fsp3) is 0.200. The van der Waals surface area contributed by atoms with Gasteiger partial charge in [-0.2, -0.15) is 0 Å². The molecule has 1 N–H and O–H groups in total. The number of aryl methyl sites for hydroxylation is 2. The van der Waals surface area contributed by atoms with Crippen LogP contribution in [0, 0.1) is 6.92 Å². The van der Waals surface area contributed by atoms with Gasteiger partial charge in [-0.1, -0.05) is 0 Å². The highest BCUT2D eigenvalue weighted by atomic mass is 16.7. The van der Waals surface area contributed by atoms with Crippen molar-refractivity contribution in [2.45, 2.75) is 13.5 Å². The van der Waals surface area contributed by atoms with Crippen molar-refractivity contribution in [3.05, 3.63) is 48.2 Å². The van der Waals surface area contributed by atoms with E-state index in [1.54, 1.807) is 24.7 Å². The van der Waals surface area contributed by atoms with Crippen LogP contribution in [0.2, 0.25) is 0 Å². The number of aromatic nitrogens is 3. The minimum absolute atomic E-state index is 0.331. The molecule has 0 spiro atoms. The third kappa shape index (κ3) is 2.35. The van der Waals surface area contributed by atoms with Crippen LogP contribution in [-0.4, -0.2) is 25.4 Å². The maximum Gasteiger partial charge on any atom is 0.511 e. The first kappa shape index (κ1) is 13.2. The summed E-state index contributed by atoms with van der Waals surface area (Å²) in [6.45, 7) is 2.74. The molecule has 3 aromatic rings. The number of nitrogens with zero attached hydrogens (tertiary/aromatic N) is 3. The zero-order chi connectivity index (χ0) is 15.0. The molecule has 2 aromatic heterocycles. The molecule has 21 heavy (non-hydrogen) atoms. The molecule has 0 bridgehead atoms. The molecule has 3 rings (SSSR count). The smallest absolute Gasteiger partial charge is 0.449 e. The van der Waals surface area contributed by atoms with Gasteiger partial charge in [-0.25, -0.2) is 9.78 Å². The van der Waals surface area contributed by atoms with Gasteiger partial charge in [0.15, 0.2) is 0 Å². The lowest BCUT2D eigenvalue weighted by molar-refractivity contribution is 0.144. The summed E-state index contributed by atoms with van der Waals surface area (Å²) >= 11 is 0. The lowest BCUT2D eigenvalue weighted by Crippen LogP contribution is -2.04. The SMILES string of the molecule is Cc1c(Cn2ccnc2)n(C)c2ccc(OC(=O)O)cc12. The summed E-state index contributed by atoms with van der Waals surface area (Å²) in [4.78, 5) is 14.7. The lowest BCUT2D eigenvalue weighted by Gasteiger charge is -2.06. The largest absolute Gasteiger partial charge is 0.511 e. The molecule has 0 saturated heterocycles. The summed E-state index contributed by atoms with van der Waals surface area (Å²) in [6, 6.07) is 5.30. The van der Waals surface area contributed by atoms with E-state index in [-0.39, 0.29) is 0 Å². The van der Waals surface area contributed by atoms with Crippen LogP contribution in [0.4, 0.5) is 4.79 Å². The number of carbonyl (C=O) groups is 1. The van der Waals surface area contributed by atoms with Crippen LogP contribution in [0.25, 0.3) is 10.9 Å². The van der Waals surface area contributed by atoms with Crippen molar-refractivity contribution in [1.29, 1.82) is 0 Å². The van der Waals surface area contributed by atoms with Gasteiger partial charge in [0.05, 0.1) is 12.9 Å². The third-order valence-electron chi connectivity index (χ3n) is 3.67. The summed E-state index contributed by atoms with van der Waals surface area (Å²) in [5.41, 5.74) is 3.30. The molecule has 0 amide bonds. The fourth-order valence-electron chi connectivity index (χ4n) is 2.60. The summed E-state index contributed by atoms with van der Waals surface area (Å²) in [6.07, 6.45) is 4.13. The Kier molecular flexibility index (Phi) is 3.13. The van der Waals surface area contributed by atoms with Gasteiger partial charge in [0.2, 0.25) is 0 Å². The standard InChI is InChI=1S/C15H15N3O3/c1-10-12-7-11(21-15(19)20)3-4-13(12)17(2)14(10)8-18-6-5-16-9-18/h3-7,9H,8H2,1-2H3,(H,19,20). The minimum atomic E-state index is -1.30. The molecule has 0 unspecified atom stereocenters. The van der Waals surface area contributed by atoms with Crippen molar-refractivity contribution in [3.63, 3.8) is 0 Å². The van der Waals surface area contributed by atoms with Gasteiger partial charge >= 0.3 is 6.16 Å². The zero-order valence-electron chi connectivity index (χ0n) is 11.8. The molecule has 108 valence electrons. The monoisotopic (exact) mass is 285 g/mol. The topological polar surface area (TPSA) is 69.3 Å². The normalized spacial score (nSPS) is 11.0. The predicted octanol–water partition coefficient (Wildman–Crippen LogP) is 2.79. The van der Waals surface area contributed by atoms with E-state index in [2.05, 4.69) is 9.55 Å². The summed E-state index contributed by atoms with van der Waals surface area (Å²) < 4.78 is 8.83. The van der Waals surface area contributed by atoms with Gasteiger partial charge < -0.3 is 19.0 Å². The van der Waals surface area contributed by atoms with E-state index in [0.29, 0.717) is 12.3 Å². The van der Waals surface area contributed by atoms with Crippen LogP contribution in [0.15, 0.2) is 36.9 Å². The number of hydrogen-bond acceptors (Lipinski definition) is 3. The number of rotatable bonds is 3. The van der Waals surface area contributed by atoms with Crippen molar-refractivity contribution < 1.29 is 14.6 Å². The molecule has 1 aromatic carbocycles. The number of benzene rings is 1. The molecule has 0 aliphatic heterocycles. The molecule has 0 radical (unpaired) electrons. The molecular weight excluding hydrogens is 270 g/mol. The van der Waals surface area contributed by atoms with Crippen molar-refractivity contribution >= 4 is 17.1 Å². The fourth-order valence-corrected chi connectivity index (χ4v) is 2.60. The van der Waals surface area contributed by atoms with Crippen LogP contribution >= 0.6 is 0 Å². The molecule has 0 atom stereocenters. The summed E-state index contributed by atoms with van der Waals surface area (Å²) in [7, 11) is 2.00.